The van der Waals surface area contributed by atoms with E-state index in [0.29, 0.717) is 23.9 Å². The van der Waals surface area contributed by atoms with Crippen molar-refractivity contribution in [2.24, 2.45) is 16.8 Å². The molecule has 0 bridgehead atoms. The van der Waals surface area contributed by atoms with Crippen LogP contribution in [0.1, 0.15) is 34.1 Å². The molecule has 2 N–H and O–H groups in total. The third-order valence-electron chi connectivity index (χ3n) is 4.02. The molecule has 25 heavy (non-hydrogen) atoms. The third-order valence-corrected chi connectivity index (χ3v) is 4.02. The molecule has 2 amide bonds. The Morgan fingerprint density at radius 1 is 1.28 bits per heavy atom. The van der Waals surface area contributed by atoms with Crippen molar-refractivity contribution in [1.29, 1.82) is 0 Å². The highest BCUT2D eigenvalue weighted by Gasteiger charge is 2.37. The number of primary amides is 1. The van der Waals surface area contributed by atoms with E-state index in [2.05, 4.69) is 5.10 Å². The van der Waals surface area contributed by atoms with Crippen LogP contribution in [0, 0.1) is 11.7 Å². The second kappa shape index (κ2) is 7.63. The zero-order valence-corrected chi connectivity index (χ0v) is 15.1. The molecule has 0 saturated heterocycles. The third kappa shape index (κ3) is 4.35. The van der Waals surface area contributed by atoms with Gasteiger partial charge in [0.15, 0.2) is 0 Å². The number of hydrogen-bond acceptors (Lipinski definition) is 4. The van der Waals surface area contributed by atoms with Gasteiger partial charge in [0.2, 0.25) is 5.91 Å². The quantitative estimate of drug-likeness (QED) is 0.855. The van der Waals surface area contributed by atoms with Crippen molar-refractivity contribution in [1.82, 2.24) is 4.90 Å². The topological polar surface area (TPSA) is 79.0 Å². The van der Waals surface area contributed by atoms with Crippen LogP contribution in [0.4, 0.5) is 10.1 Å². The molecule has 1 aliphatic heterocycles. The van der Waals surface area contributed by atoms with Crippen molar-refractivity contribution in [3.63, 3.8) is 0 Å². The fraction of sp³-hybridized carbons (Fsp3) is 0.500. The predicted octanol–water partition coefficient (Wildman–Crippen LogP) is 2.14. The molecule has 6 nitrogen and oxygen atoms in total. The first-order chi connectivity index (χ1) is 11.7. The van der Waals surface area contributed by atoms with Gasteiger partial charge in [-0.2, -0.15) is 5.10 Å². The minimum Gasteiger partial charge on any atom is -0.368 e. The Kier molecular flexibility index (Phi) is 5.77. The van der Waals surface area contributed by atoms with Crippen LogP contribution in [0.15, 0.2) is 29.4 Å². The molecule has 2 rings (SSSR count). The highest BCUT2D eigenvalue weighted by Crippen LogP contribution is 2.25. The molecule has 7 heteroatoms. The lowest BCUT2D eigenvalue weighted by Gasteiger charge is -2.28. The summed E-state index contributed by atoms with van der Waals surface area (Å²) in [5.74, 6) is -0.842. The number of nitrogens with two attached hydrogens (primary N) is 1. The molecule has 0 aromatic heterocycles. The number of carbonyl (C=O) groups excluding carboxylic acids is 2. The van der Waals surface area contributed by atoms with Crippen molar-refractivity contribution in [3.05, 3.63) is 30.1 Å². The zero-order chi connectivity index (χ0) is 18.7. The lowest BCUT2D eigenvalue weighted by atomic mass is 10.1. The van der Waals surface area contributed by atoms with E-state index in [1.807, 2.05) is 27.7 Å². The Labute approximate surface area is 147 Å². The van der Waals surface area contributed by atoms with Gasteiger partial charge in [-0.25, -0.2) is 4.39 Å². The molecule has 0 spiro atoms. The maximum atomic E-state index is 13.1. The van der Waals surface area contributed by atoms with E-state index in [1.54, 1.807) is 4.90 Å². The Balaban J connectivity index is 2.31. The molecule has 0 fully saturated rings. The SMILES string of the molecule is CC(C)CN(C(=O)C1=NN(c2ccc(F)cc2)C(C(N)=O)C1)C(C)C. The van der Waals surface area contributed by atoms with Crippen LogP contribution < -0.4 is 10.7 Å². The van der Waals surface area contributed by atoms with E-state index < -0.39 is 11.9 Å². The molecule has 1 heterocycles. The number of rotatable bonds is 6. The molecule has 0 aliphatic carbocycles. The molecule has 136 valence electrons. The molecule has 0 radical (unpaired) electrons. The summed E-state index contributed by atoms with van der Waals surface area (Å²) in [5, 5.41) is 5.74. The van der Waals surface area contributed by atoms with E-state index in [-0.39, 0.29) is 24.2 Å². The molecule has 1 unspecified atom stereocenters. The minimum atomic E-state index is -0.752. The standard InChI is InChI=1S/C18H25FN4O2/c1-11(2)10-22(12(3)4)18(25)15-9-16(17(20)24)23(21-15)14-7-5-13(19)6-8-14/h5-8,11-12,16H,9-10H2,1-4H3,(H2,20,24). The number of nitrogens with zero attached hydrogens (tertiary/aromatic N) is 3. The van der Waals surface area contributed by atoms with Crippen molar-refractivity contribution >= 4 is 23.2 Å². The number of benzene rings is 1. The Hall–Kier alpha value is -2.44. The molecular formula is C18H25FN4O2. The second-order valence-electron chi connectivity index (χ2n) is 6.94. The molecule has 1 aromatic carbocycles. The van der Waals surface area contributed by atoms with Crippen LogP contribution in [-0.2, 0) is 9.59 Å². The van der Waals surface area contributed by atoms with Gasteiger partial charge >= 0.3 is 0 Å². The second-order valence-corrected chi connectivity index (χ2v) is 6.94. The van der Waals surface area contributed by atoms with E-state index >= 15 is 0 Å². The van der Waals surface area contributed by atoms with Gasteiger partial charge in [0.1, 0.15) is 17.6 Å². The highest BCUT2D eigenvalue weighted by atomic mass is 19.1. The number of anilines is 1. The van der Waals surface area contributed by atoms with Gasteiger partial charge in [0.05, 0.1) is 5.69 Å². The van der Waals surface area contributed by atoms with Crippen molar-refractivity contribution in [2.45, 2.75) is 46.2 Å². The fourth-order valence-electron chi connectivity index (χ4n) is 2.78. The first-order valence-electron chi connectivity index (χ1n) is 8.43. The van der Waals surface area contributed by atoms with Gasteiger partial charge in [-0.05, 0) is 44.0 Å². The van der Waals surface area contributed by atoms with E-state index in [0.717, 1.165) is 0 Å². The van der Waals surface area contributed by atoms with E-state index in [1.165, 1.54) is 29.3 Å². The van der Waals surface area contributed by atoms with Crippen LogP contribution in [0.3, 0.4) is 0 Å². The molecule has 0 saturated carbocycles. The number of hydrogen-bond donors (Lipinski definition) is 1. The zero-order valence-electron chi connectivity index (χ0n) is 15.1. The van der Waals surface area contributed by atoms with Crippen LogP contribution in [0.2, 0.25) is 0 Å². The molecule has 1 atom stereocenters. The first kappa shape index (κ1) is 18.9. The molecule has 1 aromatic rings. The van der Waals surface area contributed by atoms with Crippen LogP contribution in [-0.4, -0.2) is 41.1 Å². The van der Waals surface area contributed by atoms with Gasteiger partial charge in [-0.15, -0.1) is 0 Å². The van der Waals surface area contributed by atoms with Crippen LogP contribution in [0.25, 0.3) is 0 Å². The van der Waals surface area contributed by atoms with Gasteiger partial charge in [0.25, 0.3) is 5.91 Å². The Bertz CT molecular complexity index is 670. The van der Waals surface area contributed by atoms with E-state index in [4.69, 9.17) is 5.73 Å². The highest BCUT2D eigenvalue weighted by molar-refractivity contribution is 6.40. The number of hydrazone groups is 1. The van der Waals surface area contributed by atoms with Crippen LogP contribution in [0.5, 0.6) is 0 Å². The lowest BCUT2D eigenvalue weighted by molar-refractivity contribution is -0.126. The lowest BCUT2D eigenvalue weighted by Crippen LogP contribution is -2.44. The Morgan fingerprint density at radius 2 is 1.88 bits per heavy atom. The minimum absolute atomic E-state index is 0.0181. The van der Waals surface area contributed by atoms with Gasteiger partial charge in [0, 0.05) is 19.0 Å². The van der Waals surface area contributed by atoms with Crippen molar-refractivity contribution in [2.75, 3.05) is 11.6 Å². The number of halogens is 1. The smallest absolute Gasteiger partial charge is 0.270 e. The van der Waals surface area contributed by atoms with Crippen molar-refractivity contribution < 1.29 is 14.0 Å². The largest absolute Gasteiger partial charge is 0.368 e. The average molecular weight is 348 g/mol. The summed E-state index contributed by atoms with van der Waals surface area (Å²) >= 11 is 0. The molecule has 1 aliphatic rings. The van der Waals surface area contributed by atoms with Crippen molar-refractivity contribution in [3.8, 4) is 0 Å². The Morgan fingerprint density at radius 3 is 2.36 bits per heavy atom. The summed E-state index contributed by atoms with van der Waals surface area (Å²) in [6.45, 7) is 8.57. The number of carbonyl (C=O) groups is 2. The van der Waals surface area contributed by atoms with E-state index in [9.17, 15) is 14.0 Å². The van der Waals surface area contributed by atoms with Gasteiger partial charge in [-0.3, -0.25) is 14.6 Å². The molecular weight excluding hydrogens is 323 g/mol. The summed E-state index contributed by atoms with van der Waals surface area (Å²) in [6.07, 6.45) is 0.146. The summed E-state index contributed by atoms with van der Waals surface area (Å²) in [4.78, 5) is 26.4. The first-order valence-corrected chi connectivity index (χ1v) is 8.43. The summed E-state index contributed by atoms with van der Waals surface area (Å²) in [6, 6.07) is 4.85. The summed E-state index contributed by atoms with van der Waals surface area (Å²) < 4.78 is 13.1. The monoisotopic (exact) mass is 348 g/mol. The maximum absolute atomic E-state index is 13.1. The maximum Gasteiger partial charge on any atom is 0.270 e. The number of amides is 2. The average Bonchev–Trinajstić information content (AvgIpc) is 2.97. The fourth-order valence-corrected chi connectivity index (χ4v) is 2.78. The van der Waals surface area contributed by atoms with Crippen LogP contribution >= 0.6 is 0 Å². The normalized spacial score (nSPS) is 17.2. The summed E-state index contributed by atoms with van der Waals surface area (Å²) in [7, 11) is 0. The van der Waals surface area contributed by atoms with Gasteiger partial charge < -0.3 is 10.6 Å². The van der Waals surface area contributed by atoms with Gasteiger partial charge in [-0.1, -0.05) is 13.8 Å². The predicted molar refractivity (Wildman–Crippen MR) is 95.6 cm³/mol. The summed E-state index contributed by atoms with van der Waals surface area (Å²) in [5.41, 5.74) is 6.30.